The first-order valence-corrected chi connectivity index (χ1v) is 5.44. The summed E-state index contributed by atoms with van der Waals surface area (Å²) in [5.74, 6) is 0.717. The van der Waals surface area contributed by atoms with E-state index in [2.05, 4.69) is 30.4 Å². The molecule has 3 heterocycles. The minimum absolute atomic E-state index is 0.646. The van der Waals surface area contributed by atoms with E-state index in [0.29, 0.717) is 6.54 Å². The molecule has 7 heteroatoms. The van der Waals surface area contributed by atoms with Crippen LogP contribution >= 0.6 is 0 Å². The van der Waals surface area contributed by atoms with Gasteiger partial charge in [-0.2, -0.15) is 5.10 Å². The molecule has 0 fully saturated rings. The lowest BCUT2D eigenvalue weighted by Crippen LogP contribution is -2.06. The molecule has 0 aliphatic rings. The lowest BCUT2D eigenvalue weighted by atomic mass is 10.3. The zero-order chi connectivity index (χ0) is 12.2. The van der Waals surface area contributed by atoms with Crippen molar-refractivity contribution >= 4 is 5.69 Å². The molecule has 0 bridgehead atoms. The van der Waals surface area contributed by atoms with Crippen molar-refractivity contribution in [1.82, 2.24) is 29.7 Å². The molecule has 0 unspecified atom stereocenters. The summed E-state index contributed by atoms with van der Waals surface area (Å²) in [5, 5.41) is 7.36. The van der Waals surface area contributed by atoms with Gasteiger partial charge in [-0.25, -0.2) is 19.6 Å². The highest BCUT2D eigenvalue weighted by Crippen LogP contribution is 2.16. The summed E-state index contributed by atoms with van der Waals surface area (Å²) in [6.07, 6.45) is 8.24. The van der Waals surface area contributed by atoms with Gasteiger partial charge in [0.2, 0.25) is 0 Å². The summed E-state index contributed by atoms with van der Waals surface area (Å²) < 4.78 is 1.62. The number of hydrogen-bond donors (Lipinski definition) is 2. The number of imidazole rings is 1. The fourth-order valence-corrected chi connectivity index (χ4v) is 1.61. The van der Waals surface area contributed by atoms with E-state index in [1.54, 1.807) is 29.7 Å². The first-order chi connectivity index (χ1) is 8.93. The fourth-order valence-electron chi connectivity index (χ4n) is 1.61. The van der Waals surface area contributed by atoms with Gasteiger partial charge < -0.3 is 10.3 Å². The van der Waals surface area contributed by atoms with Crippen LogP contribution in [0.3, 0.4) is 0 Å². The Balaban J connectivity index is 1.84. The van der Waals surface area contributed by atoms with Crippen molar-refractivity contribution in [3.05, 3.63) is 49.2 Å². The van der Waals surface area contributed by atoms with Crippen molar-refractivity contribution in [1.29, 1.82) is 0 Å². The fraction of sp³-hybridized carbons (Fsp3) is 0.0909. The summed E-state index contributed by atoms with van der Waals surface area (Å²) >= 11 is 0. The van der Waals surface area contributed by atoms with Crippen molar-refractivity contribution in [3.63, 3.8) is 0 Å². The lowest BCUT2D eigenvalue weighted by molar-refractivity contribution is 0.844. The molecule has 0 aliphatic carbocycles. The number of aromatic nitrogens is 6. The van der Waals surface area contributed by atoms with Gasteiger partial charge >= 0.3 is 0 Å². The minimum atomic E-state index is 0.646. The normalized spacial score (nSPS) is 10.4. The van der Waals surface area contributed by atoms with E-state index < -0.39 is 0 Å². The third-order valence-electron chi connectivity index (χ3n) is 2.45. The first-order valence-electron chi connectivity index (χ1n) is 5.44. The largest absolute Gasteiger partial charge is 0.376 e. The second-order valence-corrected chi connectivity index (χ2v) is 3.65. The number of anilines is 1. The molecule has 0 saturated heterocycles. The second kappa shape index (κ2) is 4.66. The molecule has 3 aromatic rings. The van der Waals surface area contributed by atoms with Crippen LogP contribution in [0.2, 0.25) is 0 Å². The standard InChI is InChI=1S/C11H11N7/c1-2-10(15-5-9-4-12-6-16-9)11(14-3-1)18-8-13-7-17-18/h1-4,6-8,15H,5H2,(H,12,16). The molecule has 3 rings (SSSR count). The van der Waals surface area contributed by atoms with Crippen LogP contribution in [0.4, 0.5) is 5.69 Å². The van der Waals surface area contributed by atoms with Crippen LogP contribution < -0.4 is 5.32 Å². The highest BCUT2D eigenvalue weighted by atomic mass is 15.3. The molecule has 18 heavy (non-hydrogen) atoms. The van der Waals surface area contributed by atoms with Crippen LogP contribution in [0.5, 0.6) is 0 Å². The van der Waals surface area contributed by atoms with Crippen LogP contribution in [0.1, 0.15) is 5.69 Å². The average Bonchev–Trinajstić information content (AvgIpc) is 3.10. The van der Waals surface area contributed by atoms with Crippen molar-refractivity contribution in [2.24, 2.45) is 0 Å². The maximum absolute atomic E-state index is 4.29. The molecule has 0 aromatic carbocycles. The van der Waals surface area contributed by atoms with Crippen LogP contribution in [0.15, 0.2) is 43.5 Å². The van der Waals surface area contributed by atoms with E-state index in [9.17, 15) is 0 Å². The Morgan fingerprint density at radius 1 is 1.33 bits per heavy atom. The van der Waals surface area contributed by atoms with Crippen molar-refractivity contribution in [3.8, 4) is 5.82 Å². The molecule has 0 radical (unpaired) electrons. The molecule has 7 nitrogen and oxygen atoms in total. The maximum atomic E-state index is 4.29. The molecule has 2 N–H and O–H groups in total. The number of hydrogen-bond acceptors (Lipinski definition) is 5. The molecule has 0 aliphatic heterocycles. The van der Waals surface area contributed by atoms with Crippen LogP contribution in [0.25, 0.3) is 5.82 Å². The van der Waals surface area contributed by atoms with Gasteiger partial charge in [-0.05, 0) is 12.1 Å². The van der Waals surface area contributed by atoms with Gasteiger partial charge in [-0.1, -0.05) is 0 Å². The number of nitrogens with zero attached hydrogens (tertiary/aromatic N) is 5. The van der Waals surface area contributed by atoms with Gasteiger partial charge in [0.25, 0.3) is 0 Å². The Morgan fingerprint density at radius 3 is 3.11 bits per heavy atom. The quantitative estimate of drug-likeness (QED) is 0.711. The molecule has 0 saturated carbocycles. The van der Waals surface area contributed by atoms with E-state index in [0.717, 1.165) is 17.2 Å². The zero-order valence-electron chi connectivity index (χ0n) is 9.48. The Kier molecular flexibility index (Phi) is 2.71. The summed E-state index contributed by atoms with van der Waals surface area (Å²) in [4.78, 5) is 15.2. The van der Waals surface area contributed by atoms with Crippen molar-refractivity contribution in [2.75, 3.05) is 5.32 Å². The topological polar surface area (TPSA) is 84.3 Å². The monoisotopic (exact) mass is 241 g/mol. The number of nitrogens with one attached hydrogen (secondary N) is 2. The van der Waals surface area contributed by atoms with Gasteiger partial charge in [0.15, 0.2) is 5.82 Å². The third-order valence-corrected chi connectivity index (χ3v) is 2.45. The summed E-state index contributed by atoms with van der Waals surface area (Å²) in [7, 11) is 0. The van der Waals surface area contributed by atoms with Crippen molar-refractivity contribution < 1.29 is 0 Å². The molecule has 0 spiro atoms. The van der Waals surface area contributed by atoms with E-state index >= 15 is 0 Å². The van der Waals surface area contributed by atoms with Crippen molar-refractivity contribution in [2.45, 2.75) is 6.54 Å². The van der Waals surface area contributed by atoms with E-state index in [1.165, 1.54) is 6.33 Å². The molecule has 90 valence electrons. The lowest BCUT2D eigenvalue weighted by Gasteiger charge is -2.09. The molecular weight excluding hydrogens is 230 g/mol. The summed E-state index contributed by atoms with van der Waals surface area (Å²) in [6.45, 7) is 0.646. The second-order valence-electron chi connectivity index (χ2n) is 3.65. The number of aromatic amines is 1. The molecular formula is C11H11N7. The van der Waals surface area contributed by atoms with E-state index in [1.807, 2.05) is 12.1 Å². The molecule has 0 amide bonds. The highest BCUT2D eigenvalue weighted by molar-refractivity contribution is 5.56. The van der Waals surface area contributed by atoms with E-state index in [4.69, 9.17) is 0 Å². The minimum Gasteiger partial charge on any atom is -0.376 e. The smallest absolute Gasteiger partial charge is 0.178 e. The maximum Gasteiger partial charge on any atom is 0.178 e. The zero-order valence-corrected chi connectivity index (χ0v) is 9.48. The average molecular weight is 241 g/mol. The van der Waals surface area contributed by atoms with Gasteiger partial charge in [-0.15, -0.1) is 0 Å². The summed E-state index contributed by atoms with van der Waals surface area (Å²) in [5.41, 5.74) is 1.89. The van der Waals surface area contributed by atoms with Gasteiger partial charge in [-0.3, -0.25) is 0 Å². The number of pyridine rings is 1. The predicted octanol–water partition coefficient (Wildman–Crippen LogP) is 0.997. The highest BCUT2D eigenvalue weighted by Gasteiger charge is 2.05. The predicted molar refractivity (Wildman–Crippen MR) is 65.1 cm³/mol. The van der Waals surface area contributed by atoms with Crippen LogP contribution in [0, 0.1) is 0 Å². The summed E-state index contributed by atoms with van der Waals surface area (Å²) in [6, 6.07) is 3.82. The Bertz CT molecular complexity index is 600. The number of rotatable bonds is 4. The first kappa shape index (κ1) is 10.5. The third kappa shape index (κ3) is 2.05. The van der Waals surface area contributed by atoms with Gasteiger partial charge in [0.05, 0.1) is 24.3 Å². The van der Waals surface area contributed by atoms with Crippen LogP contribution in [-0.2, 0) is 6.54 Å². The Hall–Kier alpha value is -2.70. The van der Waals surface area contributed by atoms with E-state index in [-0.39, 0.29) is 0 Å². The Labute approximate surface area is 103 Å². The Morgan fingerprint density at radius 2 is 2.33 bits per heavy atom. The molecule has 0 atom stereocenters. The van der Waals surface area contributed by atoms with Gasteiger partial charge in [0, 0.05) is 12.4 Å². The van der Waals surface area contributed by atoms with Gasteiger partial charge in [0.1, 0.15) is 12.7 Å². The van der Waals surface area contributed by atoms with Crippen LogP contribution in [-0.4, -0.2) is 29.7 Å². The SMILES string of the molecule is c1cnc(-n2cncn2)c(NCc2cnc[nH]2)c1. The molecule has 3 aromatic heterocycles. The number of H-pyrrole nitrogens is 1.